The van der Waals surface area contributed by atoms with Gasteiger partial charge in [0.25, 0.3) is 0 Å². The number of aromatic nitrogens is 1. The number of hydrogen-bond donors (Lipinski definition) is 1. The molecule has 1 aliphatic rings. The third-order valence-electron chi connectivity index (χ3n) is 4.06. The summed E-state index contributed by atoms with van der Waals surface area (Å²) >= 11 is 0. The summed E-state index contributed by atoms with van der Waals surface area (Å²) in [6.07, 6.45) is 3.14. The van der Waals surface area contributed by atoms with Gasteiger partial charge in [0.1, 0.15) is 0 Å². The van der Waals surface area contributed by atoms with E-state index in [1.165, 1.54) is 17.4 Å². The number of benzene rings is 1. The van der Waals surface area contributed by atoms with Crippen LogP contribution >= 0.6 is 0 Å². The lowest BCUT2D eigenvalue weighted by molar-refractivity contribution is 0.149. The second kappa shape index (κ2) is 5.68. The fraction of sp³-hybridized carbons (Fsp3) is 0.438. The molecular weight excluding hydrogens is 234 g/mol. The summed E-state index contributed by atoms with van der Waals surface area (Å²) in [5.74, 6) is 0. The number of piperazine rings is 1. The van der Waals surface area contributed by atoms with Gasteiger partial charge in [-0.1, -0.05) is 25.1 Å². The second-order valence-electron chi connectivity index (χ2n) is 5.22. The Labute approximate surface area is 114 Å². The van der Waals surface area contributed by atoms with E-state index < -0.39 is 0 Å². The molecule has 0 radical (unpaired) electrons. The molecule has 3 nitrogen and oxygen atoms in total. The Bertz CT molecular complexity index is 547. The number of rotatable bonds is 3. The van der Waals surface area contributed by atoms with Crippen molar-refractivity contribution in [1.82, 2.24) is 15.2 Å². The quantitative estimate of drug-likeness (QED) is 0.913. The zero-order valence-corrected chi connectivity index (χ0v) is 11.5. The van der Waals surface area contributed by atoms with Gasteiger partial charge in [-0.2, -0.15) is 0 Å². The molecule has 1 unspecified atom stereocenters. The highest BCUT2D eigenvalue weighted by Crippen LogP contribution is 2.20. The first kappa shape index (κ1) is 12.6. The van der Waals surface area contributed by atoms with E-state index in [1.54, 1.807) is 0 Å². The summed E-state index contributed by atoms with van der Waals surface area (Å²) in [6.45, 7) is 6.65. The van der Waals surface area contributed by atoms with E-state index in [0.29, 0.717) is 6.04 Å². The fourth-order valence-electron chi connectivity index (χ4n) is 2.93. The molecule has 0 saturated carbocycles. The Morgan fingerprint density at radius 2 is 2.21 bits per heavy atom. The molecule has 3 heteroatoms. The van der Waals surface area contributed by atoms with Crippen LogP contribution in [0.1, 0.15) is 18.9 Å². The van der Waals surface area contributed by atoms with Gasteiger partial charge in [-0.3, -0.25) is 9.88 Å². The maximum atomic E-state index is 4.44. The molecule has 0 aliphatic carbocycles. The Hall–Kier alpha value is -1.45. The van der Waals surface area contributed by atoms with Gasteiger partial charge in [-0.25, -0.2) is 0 Å². The van der Waals surface area contributed by atoms with Gasteiger partial charge in [0.05, 0.1) is 5.52 Å². The molecule has 0 amide bonds. The molecule has 1 N–H and O–H groups in total. The largest absolute Gasteiger partial charge is 0.314 e. The maximum absolute atomic E-state index is 4.44. The van der Waals surface area contributed by atoms with Crippen molar-refractivity contribution in [1.29, 1.82) is 0 Å². The highest BCUT2D eigenvalue weighted by Gasteiger charge is 2.20. The van der Waals surface area contributed by atoms with Crippen LogP contribution in [-0.4, -0.2) is 35.6 Å². The third-order valence-corrected chi connectivity index (χ3v) is 4.06. The molecule has 1 aromatic carbocycles. The molecule has 0 spiro atoms. The zero-order chi connectivity index (χ0) is 13.1. The normalized spacial score (nSPS) is 20.8. The summed E-state index contributed by atoms with van der Waals surface area (Å²) in [5, 5.41) is 4.77. The van der Waals surface area contributed by atoms with E-state index in [1.807, 2.05) is 6.20 Å². The van der Waals surface area contributed by atoms with Crippen LogP contribution in [-0.2, 0) is 6.54 Å². The lowest BCUT2D eigenvalue weighted by Crippen LogP contribution is -2.50. The predicted octanol–water partition coefficient (Wildman–Crippen LogP) is 2.42. The Balaban J connectivity index is 1.88. The standard InChI is InChI=1S/C16H21N3/c1-2-14-11-17-9-10-19(14)12-13-7-8-18-16-6-4-3-5-15(13)16/h3-8,14,17H,2,9-12H2,1H3. The third kappa shape index (κ3) is 2.62. The minimum absolute atomic E-state index is 0.653. The molecule has 2 heterocycles. The molecule has 3 rings (SSSR count). The smallest absolute Gasteiger partial charge is 0.0705 e. The van der Waals surface area contributed by atoms with Crippen LogP contribution in [0.5, 0.6) is 0 Å². The average molecular weight is 255 g/mol. The number of pyridine rings is 1. The SMILES string of the molecule is CCC1CNCCN1Cc1ccnc2ccccc12. The molecule has 1 saturated heterocycles. The minimum atomic E-state index is 0.653. The lowest BCUT2D eigenvalue weighted by Gasteiger charge is -2.35. The van der Waals surface area contributed by atoms with Crippen LogP contribution in [0.25, 0.3) is 10.9 Å². The lowest BCUT2D eigenvalue weighted by atomic mass is 10.1. The molecule has 1 aromatic heterocycles. The molecule has 19 heavy (non-hydrogen) atoms. The van der Waals surface area contributed by atoms with Crippen molar-refractivity contribution in [2.24, 2.45) is 0 Å². The molecule has 1 aliphatic heterocycles. The number of fused-ring (bicyclic) bond motifs is 1. The molecule has 100 valence electrons. The summed E-state index contributed by atoms with van der Waals surface area (Å²) in [5.41, 5.74) is 2.49. The Morgan fingerprint density at radius 3 is 3.11 bits per heavy atom. The Morgan fingerprint density at radius 1 is 1.32 bits per heavy atom. The molecular formula is C16H21N3. The summed E-state index contributed by atoms with van der Waals surface area (Å²) in [4.78, 5) is 7.04. The van der Waals surface area contributed by atoms with Gasteiger partial charge < -0.3 is 5.32 Å². The van der Waals surface area contributed by atoms with Crippen LogP contribution < -0.4 is 5.32 Å². The summed E-state index contributed by atoms with van der Waals surface area (Å²) in [7, 11) is 0. The molecule has 1 atom stereocenters. The number of hydrogen-bond acceptors (Lipinski definition) is 3. The summed E-state index contributed by atoms with van der Waals surface area (Å²) in [6, 6.07) is 11.2. The van der Waals surface area contributed by atoms with Crippen molar-refractivity contribution in [3.05, 3.63) is 42.1 Å². The van der Waals surface area contributed by atoms with Crippen LogP contribution in [0.15, 0.2) is 36.5 Å². The van der Waals surface area contributed by atoms with Crippen LogP contribution in [0.3, 0.4) is 0 Å². The van der Waals surface area contributed by atoms with E-state index in [0.717, 1.165) is 31.7 Å². The van der Waals surface area contributed by atoms with Crippen LogP contribution in [0.2, 0.25) is 0 Å². The number of nitrogens with one attached hydrogen (secondary N) is 1. The van der Waals surface area contributed by atoms with Crippen molar-refractivity contribution in [2.75, 3.05) is 19.6 Å². The van der Waals surface area contributed by atoms with E-state index in [4.69, 9.17) is 0 Å². The van der Waals surface area contributed by atoms with Crippen molar-refractivity contribution < 1.29 is 0 Å². The van der Waals surface area contributed by atoms with Gasteiger partial charge in [0, 0.05) is 43.8 Å². The first-order chi connectivity index (χ1) is 9.38. The second-order valence-corrected chi connectivity index (χ2v) is 5.22. The summed E-state index contributed by atoms with van der Waals surface area (Å²) < 4.78 is 0. The highest BCUT2D eigenvalue weighted by atomic mass is 15.2. The van der Waals surface area contributed by atoms with Crippen LogP contribution in [0.4, 0.5) is 0 Å². The predicted molar refractivity (Wildman–Crippen MR) is 79.1 cm³/mol. The van der Waals surface area contributed by atoms with Crippen molar-refractivity contribution in [3.8, 4) is 0 Å². The number of nitrogens with zero attached hydrogens (tertiary/aromatic N) is 2. The van der Waals surface area contributed by atoms with Crippen LogP contribution in [0, 0.1) is 0 Å². The molecule has 0 bridgehead atoms. The van der Waals surface area contributed by atoms with Gasteiger partial charge in [-0.15, -0.1) is 0 Å². The van der Waals surface area contributed by atoms with E-state index in [-0.39, 0.29) is 0 Å². The fourth-order valence-corrected chi connectivity index (χ4v) is 2.93. The number of para-hydroxylation sites is 1. The van der Waals surface area contributed by atoms with Gasteiger partial charge in [0.2, 0.25) is 0 Å². The van der Waals surface area contributed by atoms with Crippen molar-refractivity contribution in [3.63, 3.8) is 0 Å². The van der Waals surface area contributed by atoms with E-state index in [9.17, 15) is 0 Å². The molecule has 2 aromatic rings. The van der Waals surface area contributed by atoms with Gasteiger partial charge in [0.15, 0.2) is 0 Å². The monoisotopic (exact) mass is 255 g/mol. The first-order valence-electron chi connectivity index (χ1n) is 7.16. The van der Waals surface area contributed by atoms with E-state index >= 15 is 0 Å². The topological polar surface area (TPSA) is 28.2 Å². The minimum Gasteiger partial charge on any atom is -0.314 e. The average Bonchev–Trinajstić information content (AvgIpc) is 2.48. The van der Waals surface area contributed by atoms with Gasteiger partial charge in [-0.05, 0) is 24.1 Å². The van der Waals surface area contributed by atoms with Crippen molar-refractivity contribution in [2.45, 2.75) is 25.9 Å². The maximum Gasteiger partial charge on any atom is 0.0705 e. The first-order valence-corrected chi connectivity index (χ1v) is 7.16. The highest BCUT2D eigenvalue weighted by molar-refractivity contribution is 5.81. The van der Waals surface area contributed by atoms with E-state index in [2.05, 4.69) is 52.5 Å². The van der Waals surface area contributed by atoms with Crippen molar-refractivity contribution >= 4 is 10.9 Å². The zero-order valence-electron chi connectivity index (χ0n) is 11.5. The Kier molecular flexibility index (Phi) is 3.76. The van der Waals surface area contributed by atoms with Gasteiger partial charge >= 0.3 is 0 Å². The molecule has 1 fully saturated rings.